The van der Waals surface area contributed by atoms with Crippen LogP contribution in [-0.2, 0) is 0 Å². The zero-order valence-corrected chi connectivity index (χ0v) is 8.84. The molecule has 0 saturated heterocycles. The minimum Gasteiger partial charge on any atom is -0.255 e. The number of nitrogens with zero attached hydrogens (tertiary/aromatic N) is 1. The predicted molar refractivity (Wildman–Crippen MR) is 62.3 cm³/mol. The summed E-state index contributed by atoms with van der Waals surface area (Å²) in [7, 11) is 0. The van der Waals surface area contributed by atoms with E-state index in [4.69, 9.17) is 0 Å². The number of rotatable bonds is 2. The summed E-state index contributed by atoms with van der Waals surface area (Å²) in [5.41, 5.74) is 3.19. The molecule has 0 aliphatic carbocycles. The van der Waals surface area contributed by atoms with E-state index >= 15 is 0 Å². The fourth-order valence-corrected chi connectivity index (χ4v) is 1.92. The molecule has 2 rings (SSSR count). The Morgan fingerprint density at radius 1 is 1.36 bits per heavy atom. The zero-order valence-electron chi connectivity index (χ0n) is 8.03. The van der Waals surface area contributed by atoms with Crippen molar-refractivity contribution in [2.24, 2.45) is 0 Å². The maximum absolute atomic E-state index is 4.39. The van der Waals surface area contributed by atoms with Crippen LogP contribution in [0.4, 0.5) is 0 Å². The van der Waals surface area contributed by atoms with Crippen LogP contribution in [-0.4, -0.2) is 4.98 Å². The highest BCUT2D eigenvalue weighted by molar-refractivity contribution is 7.13. The average Bonchev–Trinajstić information content (AvgIpc) is 2.71. The lowest BCUT2D eigenvalue weighted by Crippen LogP contribution is -1.83. The lowest BCUT2D eigenvalue weighted by atomic mass is 10.1. The Morgan fingerprint density at radius 3 is 2.71 bits per heavy atom. The van der Waals surface area contributed by atoms with E-state index in [1.54, 1.807) is 11.3 Å². The Kier molecular flexibility index (Phi) is 2.46. The molecule has 2 aromatic rings. The first-order chi connectivity index (χ1) is 6.77. The van der Waals surface area contributed by atoms with E-state index in [-0.39, 0.29) is 0 Å². The van der Waals surface area contributed by atoms with Gasteiger partial charge in [-0.1, -0.05) is 18.7 Å². The Hall–Kier alpha value is -1.41. The van der Waals surface area contributed by atoms with Crippen LogP contribution >= 0.6 is 11.3 Å². The lowest BCUT2D eigenvalue weighted by Gasteiger charge is -2.00. The van der Waals surface area contributed by atoms with E-state index in [2.05, 4.69) is 29.1 Å². The SMILES string of the molecule is C=C(C)c1ccc(-c2cccs2)nc1. The minimum atomic E-state index is 1.03. The largest absolute Gasteiger partial charge is 0.255 e. The first-order valence-corrected chi connectivity index (χ1v) is 5.31. The third-order valence-electron chi connectivity index (χ3n) is 2.03. The van der Waals surface area contributed by atoms with Crippen molar-refractivity contribution in [3.63, 3.8) is 0 Å². The van der Waals surface area contributed by atoms with Crippen molar-refractivity contribution in [1.82, 2.24) is 4.98 Å². The van der Waals surface area contributed by atoms with Crippen molar-refractivity contribution in [1.29, 1.82) is 0 Å². The second kappa shape index (κ2) is 3.76. The Bertz CT molecular complexity index is 426. The Balaban J connectivity index is 2.36. The molecule has 0 aromatic carbocycles. The predicted octanol–water partition coefficient (Wildman–Crippen LogP) is 3.84. The summed E-state index contributed by atoms with van der Waals surface area (Å²) in [6.07, 6.45) is 1.87. The van der Waals surface area contributed by atoms with Gasteiger partial charge in [-0.05, 0) is 35.6 Å². The van der Waals surface area contributed by atoms with Crippen molar-refractivity contribution in [3.05, 3.63) is 48.0 Å². The molecule has 70 valence electrons. The summed E-state index contributed by atoms with van der Waals surface area (Å²) in [5.74, 6) is 0. The number of allylic oxidation sites excluding steroid dienone is 1. The number of thiophene rings is 1. The van der Waals surface area contributed by atoms with E-state index in [0.29, 0.717) is 0 Å². The number of aromatic nitrogens is 1. The number of hydrogen-bond donors (Lipinski definition) is 0. The van der Waals surface area contributed by atoms with Crippen molar-refractivity contribution in [3.8, 4) is 10.6 Å². The average molecular weight is 201 g/mol. The molecule has 14 heavy (non-hydrogen) atoms. The summed E-state index contributed by atoms with van der Waals surface area (Å²) in [6, 6.07) is 8.21. The van der Waals surface area contributed by atoms with Crippen molar-refractivity contribution in [2.45, 2.75) is 6.92 Å². The van der Waals surface area contributed by atoms with Gasteiger partial charge in [0.25, 0.3) is 0 Å². The van der Waals surface area contributed by atoms with Gasteiger partial charge in [0.15, 0.2) is 0 Å². The van der Waals surface area contributed by atoms with Gasteiger partial charge in [0.2, 0.25) is 0 Å². The molecule has 0 N–H and O–H groups in total. The number of hydrogen-bond acceptors (Lipinski definition) is 2. The highest BCUT2D eigenvalue weighted by Crippen LogP contribution is 2.23. The molecule has 0 bridgehead atoms. The van der Waals surface area contributed by atoms with Crippen LogP contribution in [0.2, 0.25) is 0 Å². The third-order valence-corrected chi connectivity index (χ3v) is 2.92. The summed E-state index contributed by atoms with van der Waals surface area (Å²) in [4.78, 5) is 5.60. The second-order valence-electron chi connectivity index (χ2n) is 3.19. The first kappa shape index (κ1) is 9.16. The van der Waals surface area contributed by atoms with Crippen LogP contribution in [0.25, 0.3) is 16.1 Å². The topological polar surface area (TPSA) is 12.9 Å². The molecular formula is C12H11NS. The molecule has 0 spiro atoms. The van der Waals surface area contributed by atoms with Crippen LogP contribution in [0.1, 0.15) is 12.5 Å². The Morgan fingerprint density at radius 2 is 2.21 bits per heavy atom. The van der Waals surface area contributed by atoms with Gasteiger partial charge >= 0.3 is 0 Å². The molecule has 0 fully saturated rings. The maximum atomic E-state index is 4.39. The molecule has 0 radical (unpaired) electrons. The quantitative estimate of drug-likeness (QED) is 0.719. The van der Waals surface area contributed by atoms with E-state index in [9.17, 15) is 0 Å². The van der Waals surface area contributed by atoms with Crippen LogP contribution < -0.4 is 0 Å². The van der Waals surface area contributed by atoms with Crippen LogP contribution in [0.5, 0.6) is 0 Å². The molecule has 2 heteroatoms. The van der Waals surface area contributed by atoms with Gasteiger partial charge in [-0.15, -0.1) is 11.3 Å². The summed E-state index contributed by atoms with van der Waals surface area (Å²) < 4.78 is 0. The highest BCUT2D eigenvalue weighted by atomic mass is 32.1. The second-order valence-corrected chi connectivity index (χ2v) is 4.14. The molecule has 0 amide bonds. The van der Waals surface area contributed by atoms with Crippen LogP contribution in [0, 0.1) is 0 Å². The first-order valence-electron chi connectivity index (χ1n) is 4.43. The lowest BCUT2D eigenvalue weighted by molar-refractivity contribution is 1.32. The summed E-state index contributed by atoms with van der Waals surface area (Å²) in [6.45, 7) is 5.87. The molecule has 0 aliphatic rings. The normalized spacial score (nSPS) is 10.1. The molecule has 0 atom stereocenters. The van der Waals surface area contributed by atoms with E-state index in [0.717, 1.165) is 16.8 Å². The minimum absolute atomic E-state index is 1.03. The monoisotopic (exact) mass is 201 g/mol. The smallest absolute Gasteiger partial charge is 0.0802 e. The van der Waals surface area contributed by atoms with Gasteiger partial charge in [0.05, 0.1) is 10.6 Å². The standard InChI is InChI=1S/C12H11NS/c1-9(2)10-5-6-11(13-8-10)12-4-3-7-14-12/h3-8H,1H2,2H3. The Labute approximate surface area is 87.8 Å². The van der Waals surface area contributed by atoms with Crippen molar-refractivity contribution in [2.75, 3.05) is 0 Å². The summed E-state index contributed by atoms with van der Waals surface area (Å²) >= 11 is 1.71. The number of pyridine rings is 1. The van der Waals surface area contributed by atoms with E-state index in [1.165, 1.54) is 4.88 Å². The maximum Gasteiger partial charge on any atom is 0.0802 e. The van der Waals surface area contributed by atoms with Gasteiger partial charge in [0, 0.05) is 6.20 Å². The van der Waals surface area contributed by atoms with Gasteiger partial charge in [0.1, 0.15) is 0 Å². The molecular weight excluding hydrogens is 190 g/mol. The zero-order chi connectivity index (χ0) is 9.97. The van der Waals surface area contributed by atoms with Gasteiger partial charge in [-0.3, -0.25) is 4.98 Å². The van der Waals surface area contributed by atoms with Gasteiger partial charge in [-0.25, -0.2) is 0 Å². The van der Waals surface area contributed by atoms with Crippen LogP contribution in [0.3, 0.4) is 0 Å². The van der Waals surface area contributed by atoms with E-state index < -0.39 is 0 Å². The molecule has 0 unspecified atom stereocenters. The fraction of sp³-hybridized carbons (Fsp3) is 0.0833. The molecule has 2 heterocycles. The van der Waals surface area contributed by atoms with Gasteiger partial charge in [-0.2, -0.15) is 0 Å². The fourth-order valence-electron chi connectivity index (χ4n) is 1.22. The van der Waals surface area contributed by atoms with Crippen molar-refractivity contribution < 1.29 is 0 Å². The summed E-state index contributed by atoms with van der Waals surface area (Å²) in [5, 5.41) is 2.06. The molecule has 0 aliphatic heterocycles. The van der Waals surface area contributed by atoms with Crippen molar-refractivity contribution >= 4 is 16.9 Å². The molecule has 1 nitrogen and oxygen atoms in total. The molecule has 0 saturated carbocycles. The van der Waals surface area contributed by atoms with Gasteiger partial charge < -0.3 is 0 Å². The van der Waals surface area contributed by atoms with E-state index in [1.807, 2.05) is 25.3 Å². The highest BCUT2D eigenvalue weighted by Gasteiger charge is 2.00. The van der Waals surface area contributed by atoms with Crippen LogP contribution in [0.15, 0.2) is 42.4 Å². The molecule has 2 aromatic heterocycles. The third kappa shape index (κ3) is 1.75.